The summed E-state index contributed by atoms with van der Waals surface area (Å²) >= 11 is 1.37. The van der Waals surface area contributed by atoms with Crippen molar-refractivity contribution in [2.45, 2.75) is 100.0 Å². The van der Waals surface area contributed by atoms with Gasteiger partial charge in [-0.25, -0.2) is 0 Å². The van der Waals surface area contributed by atoms with Crippen molar-refractivity contribution < 1.29 is 13.0 Å². The van der Waals surface area contributed by atoms with E-state index in [1.54, 1.807) is 0 Å². The monoisotopic (exact) mass is 342 g/mol. The molecule has 0 aliphatic carbocycles. The number of unbranched alkanes of at least 4 members (excludes halogenated alkanes) is 14. The zero-order valence-corrected chi connectivity index (χ0v) is 17.5. The Morgan fingerprint density at radius 3 is 1.09 bits per heavy atom. The summed E-state index contributed by atoms with van der Waals surface area (Å²) in [6, 6.07) is 0. The van der Waals surface area contributed by atoms with Crippen molar-refractivity contribution >= 4 is 38.0 Å². The van der Waals surface area contributed by atoms with Gasteiger partial charge in [0.2, 0.25) is 0 Å². The molecule has 0 radical (unpaired) electrons. The first-order valence-electron chi connectivity index (χ1n) is 9.51. The average molecular weight is 343 g/mol. The molecule has 128 valence electrons. The summed E-state index contributed by atoms with van der Waals surface area (Å²) in [4.78, 5) is 0. The minimum atomic E-state index is -3.74. The molecule has 0 aromatic carbocycles. The summed E-state index contributed by atoms with van der Waals surface area (Å²) in [6.45, 7) is 0. The van der Waals surface area contributed by atoms with Crippen LogP contribution in [0.15, 0.2) is 0 Å². The van der Waals surface area contributed by atoms with Crippen molar-refractivity contribution in [1.29, 1.82) is 0 Å². The molecule has 0 heterocycles. The summed E-state index contributed by atoms with van der Waals surface area (Å²) in [5.74, 6) is -0.0762. The van der Waals surface area contributed by atoms with E-state index in [1.807, 2.05) is 0 Å². The SMILES string of the molecule is O=S(=O)(O)CCCCCCCCCCCCCCCC[CH2][Na]. The summed E-state index contributed by atoms with van der Waals surface area (Å²) in [5, 5.41) is 0. The van der Waals surface area contributed by atoms with Crippen molar-refractivity contribution in [2.24, 2.45) is 0 Å². The van der Waals surface area contributed by atoms with Crippen molar-refractivity contribution in [3.05, 3.63) is 0 Å². The third-order valence-corrected chi connectivity index (χ3v) is 5.77. The standard InChI is InChI=1S/C17H35O3S.Na/c1-2-3-4-5-6-7-8-9-10-11-12-13-14-15-16-17-21(18,19)20;/h1-17H2,(H,18,19,20);. The summed E-state index contributed by atoms with van der Waals surface area (Å²) in [7, 11) is -3.74. The minimum absolute atomic E-state index is 0.0762. The predicted octanol–water partition coefficient (Wildman–Crippen LogP) is 5.31. The maximum atomic E-state index is 10.5. The normalized spacial score (nSPS) is 12.0. The molecule has 0 fully saturated rings. The van der Waals surface area contributed by atoms with Gasteiger partial charge in [0, 0.05) is 0 Å². The van der Waals surface area contributed by atoms with Crippen LogP contribution in [0.3, 0.4) is 0 Å². The molecule has 5 heteroatoms. The van der Waals surface area contributed by atoms with E-state index in [1.165, 1.54) is 109 Å². The molecular weight excluding hydrogens is 307 g/mol. The summed E-state index contributed by atoms with van der Waals surface area (Å²) in [6.07, 6.45) is 19.2. The molecule has 22 heavy (non-hydrogen) atoms. The molecule has 0 aliphatic rings. The predicted molar refractivity (Wildman–Crippen MR) is 96.2 cm³/mol. The van der Waals surface area contributed by atoms with Gasteiger partial charge in [0.1, 0.15) is 0 Å². The van der Waals surface area contributed by atoms with Gasteiger partial charge in [-0.1, -0.05) is 19.3 Å². The number of hydrogen-bond acceptors (Lipinski definition) is 2. The van der Waals surface area contributed by atoms with E-state index in [-0.39, 0.29) is 5.75 Å². The van der Waals surface area contributed by atoms with E-state index in [0.29, 0.717) is 6.42 Å². The molecule has 0 bridgehead atoms. The summed E-state index contributed by atoms with van der Waals surface area (Å²) < 4.78 is 31.2. The van der Waals surface area contributed by atoms with Crippen LogP contribution in [-0.4, -0.2) is 46.7 Å². The van der Waals surface area contributed by atoms with Crippen molar-refractivity contribution in [3.8, 4) is 0 Å². The molecule has 0 atom stereocenters. The number of hydrogen-bond donors (Lipinski definition) is 1. The van der Waals surface area contributed by atoms with E-state index >= 15 is 0 Å². The molecule has 1 N–H and O–H groups in total. The van der Waals surface area contributed by atoms with Crippen LogP contribution in [0.4, 0.5) is 0 Å². The van der Waals surface area contributed by atoms with Crippen molar-refractivity contribution in [3.63, 3.8) is 0 Å². The Morgan fingerprint density at radius 2 is 0.818 bits per heavy atom. The molecule has 0 amide bonds. The van der Waals surface area contributed by atoms with Crippen LogP contribution in [0.25, 0.3) is 0 Å². The Balaban J connectivity index is 3.03. The van der Waals surface area contributed by atoms with E-state index in [0.717, 1.165) is 12.8 Å². The van der Waals surface area contributed by atoms with Gasteiger partial charge in [-0.2, -0.15) is 8.42 Å². The van der Waals surface area contributed by atoms with Gasteiger partial charge in [0.15, 0.2) is 0 Å². The second-order valence-electron chi connectivity index (χ2n) is 6.59. The molecule has 0 aromatic rings. The first-order chi connectivity index (χ1) is 10.6. The zero-order chi connectivity index (χ0) is 16.5. The summed E-state index contributed by atoms with van der Waals surface area (Å²) in [5.41, 5.74) is 0. The first-order valence-corrected chi connectivity index (χ1v) is 12.5. The van der Waals surface area contributed by atoms with Crippen LogP contribution < -0.4 is 0 Å². The van der Waals surface area contributed by atoms with Gasteiger partial charge >= 0.3 is 102 Å². The zero-order valence-electron chi connectivity index (χ0n) is 14.7. The Morgan fingerprint density at radius 1 is 0.545 bits per heavy atom. The van der Waals surface area contributed by atoms with Crippen LogP contribution in [-0.2, 0) is 10.1 Å². The van der Waals surface area contributed by atoms with Crippen LogP contribution >= 0.6 is 0 Å². The Bertz CT molecular complexity index is 318. The first kappa shape index (κ1) is 22.9. The van der Waals surface area contributed by atoms with E-state index in [4.69, 9.17) is 4.55 Å². The Hall–Kier alpha value is 0.910. The van der Waals surface area contributed by atoms with Crippen molar-refractivity contribution in [1.82, 2.24) is 0 Å². The molecule has 0 unspecified atom stereocenters. The van der Waals surface area contributed by atoms with Gasteiger partial charge in [-0.05, 0) is 6.42 Å². The molecular formula is C17H35NaO3S. The third kappa shape index (κ3) is 20.9. The molecule has 0 aromatic heterocycles. The van der Waals surface area contributed by atoms with Crippen molar-refractivity contribution in [2.75, 3.05) is 5.75 Å². The quantitative estimate of drug-likeness (QED) is 0.221. The maximum absolute atomic E-state index is 10.5. The second kappa shape index (κ2) is 16.8. The Labute approximate surface area is 156 Å². The molecule has 0 saturated carbocycles. The molecule has 0 rings (SSSR count). The van der Waals surface area contributed by atoms with E-state index < -0.39 is 10.1 Å². The fourth-order valence-electron chi connectivity index (χ4n) is 2.83. The van der Waals surface area contributed by atoms with Gasteiger partial charge in [0.25, 0.3) is 10.1 Å². The topological polar surface area (TPSA) is 54.4 Å². The van der Waals surface area contributed by atoms with E-state index in [9.17, 15) is 8.42 Å². The molecule has 3 nitrogen and oxygen atoms in total. The van der Waals surface area contributed by atoms with Gasteiger partial charge in [0.05, 0.1) is 5.75 Å². The Kier molecular flexibility index (Phi) is 17.4. The van der Waals surface area contributed by atoms with Gasteiger partial charge < -0.3 is 0 Å². The third-order valence-electron chi connectivity index (χ3n) is 4.26. The van der Waals surface area contributed by atoms with E-state index in [2.05, 4.69) is 0 Å². The van der Waals surface area contributed by atoms with Gasteiger partial charge in [-0.15, -0.1) is 0 Å². The van der Waals surface area contributed by atoms with Crippen LogP contribution in [0, 0.1) is 0 Å². The molecule has 0 saturated heterocycles. The molecule has 0 spiro atoms. The second-order valence-corrected chi connectivity index (χ2v) is 9.16. The van der Waals surface area contributed by atoms with Crippen LogP contribution in [0.2, 0.25) is 3.67 Å². The molecule has 0 aliphatic heterocycles. The van der Waals surface area contributed by atoms with Crippen LogP contribution in [0.5, 0.6) is 0 Å². The fraction of sp³-hybridized carbons (Fsp3) is 1.00. The van der Waals surface area contributed by atoms with Crippen LogP contribution in [0.1, 0.15) is 96.3 Å². The fourth-order valence-corrected chi connectivity index (χ4v) is 3.90. The van der Waals surface area contributed by atoms with Gasteiger partial charge in [-0.3, -0.25) is 4.55 Å². The average Bonchev–Trinajstić information content (AvgIpc) is 2.45. The number of rotatable bonds is 17.